The fourth-order valence-corrected chi connectivity index (χ4v) is 6.02. The predicted octanol–water partition coefficient (Wildman–Crippen LogP) is 2.29. The number of nitrogens with one attached hydrogen (secondary N) is 1. The SMILES string of the molecule is CN(c1ccc2c(c1)CN(C1CCC(=O)NC1=O)C2=O)C1CCCC1N1CCCCC1. The van der Waals surface area contributed by atoms with Crippen molar-refractivity contribution in [3.8, 4) is 0 Å². The van der Waals surface area contributed by atoms with E-state index in [-0.39, 0.29) is 24.1 Å². The van der Waals surface area contributed by atoms with Crippen molar-refractivity contribution in [1.82, 2.24) is 15.1 Å². The standard InChI is InChI=1S/C24H32N4O3/c1-26(19-6-5-7-20(19)27-12-3-2-4-13-27)17-8-9-18-16(14-17)15-28(24(18)31)21-10-11-22(29)25-23(21)30/h8-9,14,19-21H,2-7,10-13,15H2,1H3,(H,25,29,30). The van der Waals surface area contributed by atoms with E-state index in [1.807, 2.05) is 6.07 Å². The third kappa shape index (κ3) is 3.73. The maximum Gasteiger partial charge on any atom is 0.255 e. The number of fused-ring (bicyclic) bond motifs is 1. The molecule has 1 N–H and O–H groups in total. The van der Waals surface area contributed by atoms with E-state index in [1.54, 1.807) is 4.90 Å². The van der Waals surface area contributed by atoms with Crippen LogP contribution in [0.4, 0.5) is 5.69 Å². The molecule has 7 heteroatoms. The van der Waals surface area contributed by atoms with Gasteiger partial charge in [0.2, 0.25) is 11.8 Å². The quantitative estimate of drug-likeness (QED) is 0.751. The van der Waals surface area contributed by atoms with E-state index in [9.17, 15) is 14.4 Å². The van der Waals surface area contributed by atoms with Gasteiger partial charge in [-0.2, -0.15) is 0 Å². The molecular weight excluding hydrogens is 392 g/mol. The van der Waals surface area contributed by atoms with Crippen molar-refractivity contribution in [2.45, 2.75) is 76.0 Å². The molecule has 2 saturated heterocycles. The number of likely N-dealkylation sites (tertiary alicyclic amines) is 1. The highest BCUT2D eigenvalue weighted by atomic mass is 16.2. The summed E-state index contributed by atoms with van der Waals surface area (Å²) < 4.78 is 0. The number of likely N-dealkylation sites (N-methyl/N-ethyl adjacent to an activating group) is 1. The highest BCUT2D eigenvalue weighted by molar-refractivity contribution is 6.05. The molecule has 3 fully saturated rings. The van der Waals surface area contributed by atoms with Gasteiger partial charge in [0.15, 0.2) is 0 Å². The molecule has 0 radical (unpaired) electrons. The Labute approximate surface area is 183 Å². The molecule has 1 aromatic rings. The summed E-state index contributed by atoms with van der Waals surface area (Å²) in [4.78, 5) is 43.4. The first-order chi connectivity index (χ1) is 15.0. The van der Waals surface area contributed by atoms with Gasteiger partial charge in [0.05, 0.1) is 0 Å². The van der Waals surface area contributed by atoms with Gasteiger partial charge in [0.1, 0.15) is 6.04 Å². The molecule has 166 valence electrons. The lowest BCUT2D eigenvalue weighted by Crippen LogP contribution is -2.52. The summed E-state index contributed by atoms with van der Waals surface area (Å²) in [5.41, 5.74) is 2.80. The van der Waals surface area contributed by atoms with Gasteiger partial charge in [-0.1, -0.05) is 6.42 Å². The predicted molar refractivity (Wildman–Crippen MR) is 118 cm³/mol. The fraction of sp³-hybridized carbons (Fsp3) is 0.625. The number of hydrogen-bond donors (Lipinski definition) is 1. The second-order valence-electron chi connectivity index (χ2n) is 9.51. The zero-order chi connectivity index (χ0) is 21.5. The molecule has 0 spiro atoms. The molecule has 3 amide bonds. The number of rotatable bonds is 4. The van der Waals surface area contributed by atoms with Crippen molar-refractivity contribution >= 4 is 23.4 Å². The van der Waals surface area contributed by atoms with Crippen molar-refractivity contribution in [2.75, 3.05) is 25.0 Å². The van der Waals surface area contributed by atoms with Gasteiger partial charge in [-0.15, -0.1) is 0 Å². The average molecular weight is 425 g/mol. The Morgan fingerprint density at radius 1 is 1.00 bits per heavy atom. The van der Waals surface area contributed by atoms with E-state index >= 15 is 0 Å². The Kier molecular flexibility index (Phi) is 5.46. The van der Waals surface area contributed by atoms with Crippen molar-refractivity contribution in [2.24, 2.45) is 0 Å². The number of piperidine rings is 2. The second kappa shape index (κ2) is 8.26. The minimum atomic E-state index is -0.558. The smallest absolute Gasteiger partial charge is 0.255 e. The Morgan fingerprint density at radius 2 is 1.81 bits per heavy atom. The number of hydrogen-bond acceptors (Lipinski definition) is 5. The molecule has 3 unspecified atom stereocenters. The average Bonchev–Trinajstić information content (AvgIpc) is 3.39. The van der Waals surface area contributed by atoms with E-state index in [0.717, 1.165) is 11.3 Å². The number of carbonyl (C=O) groups excluding carboxylic acids is 3. The summed E-state index contributed by atoms with van der Waals surface area (Å²) in [5.74, 6) is -0.718. The first kappa shape index (κ1) is 20.5. The molecule has 31 heavy (non-hydrogen) atoms. The molecule has 1 aliphatic carbocycles. The van der Waals surface area contributed by atoms with Crippen LogP contribution in [0.5, 0.6) is 0 Å². The van der Waals surface area contributed by atoms with Crippen molar-refractivity contribution in [3.63, 3.8) is 0 Å². The zero-order valence-corrected chi connectivity index (χ0v) is 18.3. The second-order valence-corrected chi connectivity index (χ2v) is 9.51. The normalized spacial score (nSPS) is 29.3. The van der Waals surface area contributed by atoms with Gasteiger partial charge in [-0.3, -0.25) is 24.6 Å². The minimum Gasteiger partial charge on any atom is -0.370 e. The summed E-state index contributed by atoms with van der Waals surface area (Å²) in [6, 6.07) is 6.65. The van der Waals surface area contributed by atoms with Crippen LogP contribution in [0.2, 0.25) is 0 Å². The maximum atomic E-state index is 13.0. The molecule has 0 bridgehead atoms. The summed E-state index contributed by atoms with van der Waals surface area (Å²) in [7, 11) is 2.18. The van der Waals surface area contributed by atoms with E-state index in [4.69, 9.17) is 0 Å². The Morgan fingerprint density at radius 3 is 2.58 bits per heavy atom. The number of anilines is 1. The molecule has 3 aliphatic heterocycles. The number of carbonyl (C=O) groups is 3. The van der Waals surface area contributed by atoms with Gasteiger partial charge < -0.3 is 9.80 Å². The third-order valence-electron chi connectivity index (χ3n) is 7.72. The lowest BCUT2D eigenvalue weighted by molar-refractivity contribution is -0.136. The Bertz CT molecular complexity index is 895. The van der Waals surface area contributed by atoms with Crippen LogP contribution in [0.15, 0.2) is 18.2 Å². The topological polar surface area (TPSA) is 73.0 Å². The summed E-state index contributed by atoms with van der Waals surface area (Å²) in [6.07, 6.45) is 8.39. The van der Waals surface area contributed by atoms with Gasteiger partial charge in [-0.05, 0) is 75.4 Å². The highest BCUT2D eigenvalue weighted by Gasteiger charge is 2.40. The summed E-state index contributed by atoms with van der Waals surface area (Å²) in [5, 5.41) is 2.37. The summed E-state index contributed by atoms with van der Waals surface area (Å²) in [6.45, 7) is 2.87. The van der Waals surface area contributed by atoms with E-state index in [2.05, 4.69) is 34.3 Å². The number of imide groups is 1. The molecule has 1 aromatic carbocycles. The Balaban J connectivity index is 1.33. The summed E-state index contributed by atoms with van der Waals surface area (Å²) >= 11 is 0. The van der Waals surface area contributed by atoms with E-state index in [0.29, 0.717) is 30.6 Å². The lowest BCUT2D eigenvalue weighted by atomic mass is 10.0. The third-order valence-corrected chi connectivity index (χ3v) is 7.72. The molecule has 1 saturated carbocycles. The minimum absolute atomic E-state index is 0.106. The highest BCUT2D eigenvalue weighted by Crippen LogP contribution is 2.35. The van der Waals surface area contributed by atoms with Gasteiger partial charge in [0, 0.05) is 43.3 Å². The van der Waals surface area contributed by atoms with Crippen molar-refractivity contribution in [3.05, 3.63) is 29.3 Å². The van der Waals surface area contributed by atoms with Crippen LogP contribution >= 0.6 is 0 Å². The van der Waals surface area contributed by atoms with Crippen LogP contribution in [-0.4, -0.2) is 65.8 Å². The fourth-order valence-electron chi connectivity index (χ4n) is 6.02. The number of nitrogens with zero attached hydrogens (tertiary/aromatic N) is 3. The molecule has 3 atom stereocenters. The zero-order valence-electron chi connectivity index (χ0n) is 18.3. The Hall–Kier alpha value is -2.41. The van der Waals surface area contributed by atoms with Gasteiger partial charge >= 0.3 is 0 Å². The molecule has 4 aliphatic rings. The molecular formula is C24H32N4O3. The monoisotopic (exact) mass is 424 g/mol. The van der Waals surface area contributed by atoms with Crippen LogP contribution in [0.3, 0.4) is 0 Å². The largest absolute Gasteiger partial charge is 0.370 e. The van der Waals surface area contributed by atoms with Crippen LogP contribution < -0.4 is 10.2 Å². The molecule has 0 aromatic heterocycles. The van der Waals surface area contributed by atoms with Crippen LogP contribution in [-0.2, 0) is 16.1 Å². The molecule has 7 nitrogen and oxygen atoms in total. The molecule has 3 heterocycles. The maximum absolute atomic E-state index is 13.0. The van der Waals surface area contributed by atoms with Crippen LogP contribution in [0, 0.1) is 0 Å². The van der Waals surface area contributed by atoms with Crippen LogP contribution in [0.1, 0.15) is 67.3 Å². The van der Waals surface area contributed by atoms with Crippen molar-refractivity contribution < 1.29 is 14.4 Å². The molecule has 5 rings (SSSR count). The van der Waals surface area contributed by atoms with E-state index in [1.165, 1.54) is 51.6 Å². The lowest BCUT2D eigenvalue weighted by Gasteiger charge is -2.40. The number of amides is 3. The van der Waals surface area contributed by atoms with Gasteiger partial charge in [-0.25, -0.2) is 0 Å². The van der Waals surface area contributed by atoms with Crippen molar-refractivity contribution in [1.29, 1.82) is 0 Å². The first-order valence-electron chi connectivity index (χ1n) is 11.8. The number of benzene rings is 1. The van der Waals surface area contributed by atoms with E-state index < -0.39 is 6.04 Å². The first-order valence-corrected chi connectivity index (χ1v) is 11.8. The van der Waals surface area contributed by atoms with Gasteiger partial charge in [0.25, 0.3) is 5.91 Å². The van der Waals surface area contributed by atoms with Crippen LogP contribution in [0.25, 0.3) is 0 Å².